The van der Waals surface area contributed by atoms with E-state index in [0.29, 0.717) is 6.04 Å². The first-order valence-corrected chi connectivity index (χ1v) is 7.13. The summed E-state index contributed by atoms with van der Waals surface area (Å²) in [5.41, 5.74) is 1.21. The van der Waals surface area contributed by atoms with Crippen molar-refractivity contribution in [2.24, 2.45) is 0 Å². The summed E-state index contributed by atoms with van der Waals surface area (Å²) in [6.45, 7) is 8.02. The Kier molecular flexibility index (Phi) is 4.18. The molecule has 1 aliphatic rings. The van der Waals surface area contributed by atoms with Crippen LogP contribution in [0, 0.1) is 0 Å². The van der Waals surface area contributed by atoms with Crippen LogP contribution >= 0.6 is 11.3 Å². The summed E-state index contributed by atoms with van der Waals surface area (Å²) in [6.07, 6.45) is 3.52. The van der Waals surface area contributed by atoms with Crippen LogP contribution in [-0.2, 0) is 6.42 Å². The smallest absolute Gasteiger partial charge is 0.183 e. The molecule has 0 unspecified atom stereocenters. The van der Waals surface area contributed by atoms with Gasteiger partial charge in [0.1, 0.15) is 0 Å². The Morgan fingerprint density at radius 3 is 2.75 bits per heavy atom. The molecule has 0 spiro atoms. The summed E-state index contributed by atoms with van der Waals surface area (Å²) in [5, 5.41) is 6.82. The lowest BCUT2D eigenvalue weighted by atomic mass is 10.1. The molecule has 0 aromatic carbocycles. The van der Waals surface area contributed by atoms with Gasteiger partial charge in [-0.1, -0.05) is 13.8 Å². The second-order valence-electron chi connectivity index (χ2n) is 4.35. The number of rotatable bonds is 4. The molecule has 0 radical (unpaired) electrons. The van der Waals surface area contributed by atoms with Crippen molar-refractivity contribution in [3.05, 3.63) is 11.1 Å². The van der Waals surface area contributed by atoms with Crippen LogP contribution in [-0.4, -0.2) is 35.6 Å². The molecular weight excluding hydrogens is 218 g/mol. The average Bonchev–Trinajstić information content (AvgIpc) is 2.78. The normalized spacial score (nSPS) is 18.9. The van der Waals surface area contributed by atoms with Gasteiger partial charge in [0.05, 0.1) is 5.69 Å². The standard InChI is InChI=1S/C12H21N3S/c1-3-10-9-16-12(13-10)14-11-5-7-15(4-2)8-6-11/h9,11H,3-8H2,1-2H3,(H,13,14). The van der Waals surface area contributed by atoms with Gasteiger partial charge in [-0.05, 0) is 25.8 Å². The van der Waals surface area contributed by atoms with Gasteiger partial charge in [0.15, 0.2) is 5.13 Å². The molecule has 0 amide bonds. The van der Waals surface area contributed by atoms with E-state index in [0.717, 1.165) is 11.6 Å². The van der Waals surface area contributed by atoms with Crippen molar-refractivity contribution in [1.29, 1.82) is 0 Å². The summed E-state index contributed by atoms with van der Waals surface area (Å²) in [6, 6.07) is 0.624. The lowest BCUT2D eigenvalue weighted by Gasteiger charge is -2.31. The van der Waals surface area contributed by atoms with Crippen LogP contribution in [0.3, 0.4) is 0 Å². The molecule has 1 aromatic heterocycles. The van der Waals surface area contributed by atoms with Crippen LogP contribution in [0.25, 0.3) is 0 Å². The fraction of sp³-hybridized carbons (Fsp3) is 0.750. The predicted octanol–water partition coefficient (Wildman–Crippen LogP) is 2.60. The molecule has 1 aromatic rings. The van der Waals surface area contributed by atoms with Gasteiger partial charge < -0.3 is 10.2 Å². The van der Waals surface area contributed by atoms with Crippen molar-refractivity contribution >= 4 is 16.5 Å². The number of nitrogens with zero attached hydrogens (tertiary/aromatic N) is 2. The molecule has 90 valence electrons. The highest BCUT2D eigenvalue weighted by atomic mass is 32.1. The Morgan fingerprint density at radius 1 is 1.44 bits per heavy atom. The van der Waals surface area contributed by atoms with Crippen molar-refractivity contribution in [3.63, 3.8) is 0 Å². The third-order valence-electron chi connectivity index (χ3n) is 3.28. The molecule has 0 bridgehead atoms. The maximum absolute atomic E-state index is 4.56. The van der Waals surface area contributed by atoms with E-state index in [-0.39, 0.29) is 0 Å². The Hall–Kier alpha value is -0.610. The molecule has 1 saturated heterocycles. The minimum absolute atomic E-state index is 0.624. The van der Waals surface area contributed by atoms with Gasteiger partial charge in [-0.3, -0.25) is 0 Å². The second-order valence-corrected chi connectivity index (χ2v) is 5.21. The monoisotopic (exact) mass is 239 g/mol. The highest BCUT2D eigenvalue weighted by Crippen LogP contribution is 2.20. The van der Waals surface area contributed by atoms with Crippen LogP contribution in [0.1, 0.15) is 32.4 Å². The highest BCUT2D eigenvalue weighted by molar-refractivity contribution is 7.13. The third kappa shape index (κ3) is 2.95. The van der Waals surface area contributed by atoms with Gasteiger partial charge in [-0.2, -0.15) is 0 Å². The van der Waals surface area contributed by atoms with Crippen molar-refractivity contribution in [3.8, 4) is 0 Å². The molecule has 4 heteroatoms. The lowest BCUT2D eigenvalue weighted by molar-refractivity contribution is 0.229. The van der Waals surface area contributed by atoms with Crippen molar-refractivity contribution < 1.29 is 0 Å². The van der Waals surface area contributed by atoms with Gasteiger partial charge in [-0.25, -0.2) is 4.98 Å². The highest BCUT2D eigenvalue weighted by Gasteiger charge is 2.18. The van der Waals surface area contributed by atoms with Gasteiger partial charge in [0.2, 0.25) is 0 Å². The maximum Gasteiger partial charge on any atom is 0.183 e. The van der Waals surface area contributed by atoms with E-state index in [2.05, 4.69) is 34.4 Å². The minimum atomic E-state index is 0.624. The lowest BCUT2D eigenvalue weighted by Crippen LogP contribution is -2.38. The Bertz CT molecular complexity index is 316. The van der Waals surface area contributed by atoms with E-state index in [1.165, 1.54) is 38.2 Å². The molecule has 1 N–H and O–H groups in total. The first kappa shape index (κ1) is 11.9. The summed E-state index contributed by atoms with van der Waals surface area (Å²) in [4.78, 5) is 7.07. The largest absolute Gasteiger partial charge is 0.359 e. The zero-order valence-corrected chi connectivity index (χ0v) is 11.0. The number of thiazole rings is 1. The molecule has 2 heterocycles. The number of hydrogen-bond donors (Lipinski definition) is 1. The van der Waals surface area contributed by atoms with E-state index in [1.807, 2.05) is 0 Å². The quantitative estimate of drug-likeness (QED) is 0.875. The van der Waals surface area contributed by atoms with E-state index in [9.17, 15) is 0 Å². The summed E-state index contributed by atoms with van der Waals surface area (Å²) in [7, 11) is 0. The Labute approximate surface area is 102 Å². The molecule has 16 heavy (non-hydrogen) atoms. The van der Waals surface area contributed by atoms with Crippen LogP contribution in [0.15, 0.2) is 5.38 Å². The number of nitrogens with one attached hydrogen (secondary N) is 1. The number of hydrogen-bond acceptors (Lipinski definition) is 4. The van der Waals surface area contributed by atoms with E-state index >= 15 is 0 Å². The maximum atomic E-state index is 4.56. The van der Waals surface area contributed by atoms with E-state index in [4.69, 9.17) is 0 Å². The number of piperidine rings is 1. The third-order valence-corrected chi connectivity index (χ3v) is 4.10. The summed E-state index contributed by atoms with van der Waals surface area (Å²) >= 11 is 1.74. The molecule has 0 atom stereocenters. The second kappa shape index (κ2) is 5.64. The summed E-state index contributed by atoms with van der Waals surface area (Å²) < 4.78 is 0. The van der Waals surface area contributed by atoms with Crippen LogP contribution in [0.2, 0.25) is 0 Å². The first-order valence-electron chi connectivity index (χ1n) is 6.25. The topological polar surface area (TPSA) is 28.2 Å². The van der Waals surface area contributed by atoms with Crippen molar-refractivity contribution in [2.75, 3.05) is 25.0 Å². The number of aryl methyl sites for hydroxylation is 1. The van der Waals surface area contributed by atoms with Crippen molar-refractivity contribution in [1.82, 2.24) is 9.88 Å². The van der Waals surface area contributed by atoms with Crippen LogP contribution in [0.4, 0.5) is 5.13 Å². The molecule has 1 fully saturated rings. The van der Waals surface area contributed by atoms with Crippen molar-refractivity contribution in [2.45, 2.75) is 39.2 Å². The van der Waals surface area contributed by atoms with Gasteiger partial charge in [0.25, 0.3) is 0 Å². The van der Waals surface area contributed by atoms with Gasteiger partial charge >= 0.3 is 0 Å². The average molecular weight is 239 g/mol. The van der Waals surface area contributed by atoms with Crippen LogP contribution in [0.5, 0.6) is 0 Å². The first-order chi connectivity index (χ1) is 7.81. The van der Waals surface area contributed by atoms with Gasteiger partial charge in [-0.15, -0.1) is 11.3 Å². The van der Waals surface area contributed by atoms with E-state index in [1.54, 1.807) is 11.3 Å². The Balaban J connectivity index is 1.82. The number of aromatic nitrogens is 1. The molecule has 0 saturated carbocycles. The summed E-state index contributed by atoms with van der Waals surface area (Å²) in [5.74, 6) is 0. The number of anilines is 1. The predicted molar refractivity (Wildman–Crippen MR) is 70.3 cm³/mol. The molecule has 3 nitrogen and oxygen atoms in total. The molecule has 0 aliphatic carbocycles. The molecule has 2 rings (SSSR count). The number of likely N-dealkylation sites (tertiary alicyclic amines) is 1. The van der Waals surface area contributed by atoms with Crippen LogP contribution < -0.4 is 5.32 Å². The molecular formula is C12H21N3S. The van der Waals surface area contributed by atoms with E-state index < -0.39 is 0 Å². The zero-order chi connectivity index (χ0) is 11.4. The fourth-order valence-electron chi connectivity index (χ4n) is 2.10. The Morgan fingerprint density at radius 2 is 2.19 bits per heavy atom. The SMILES string of the molecule is CCc1csc(NC2CCN(CC)CC2)n1. The zero-order valence-electron chi connectivity index (χ0n) is 10.2. The molecule has 1 aliphatic heterocycles. The fourth-order valence-corrected chi connectivity index (χ4v) is 2.98. The minimum Gasteiger partial charge on any atom is -0.359 e. The van der Waals surface area contributed by atoms with Gasteiger partial charge in [0, 0.05) is 24.5 Å².